The van der Waals surface area contributed by atoms with Crippen LogP contribution in [0.15, 0.2) is 18.2 Å². The van der Waals surface area contributed by atoms with Crippen molar-refractivity contribution >= 4 is 22.5 Å². The molecule has 4 heteroatoms. The van der Waals surface area contributed by atoms with Crippen LogP contribution in [0.3, 0.4) is 0 Å². The molecule has 2 N–H and O–H groups in total. The molecular formula is C10H9ClN2O. The molecule has 1 rings (SSSR count). The molecule has 0 heterocycles. The van der Waals surface area contributed by atoms with Crippen molar-refractivity contribution in [2.75, 3.05) is 5.73 Å². The lowest BCUT2D eigenvalue weighted by Crippen LogP contribution is -2.02. The molecule has 0 unspecified atom stereocenters. The summed E-state index contributed by atoms with van der Waals surface area (Å²) in [6.45, 7) is 0. The number of nitrogens with zero attached hydrogens (tertiary/aromatic N) is 1. The van der Waals surface area contributed by atoms with Crippen molar-refractivity contribution in [3.05, 3.63) is 29.3 Å². The molecular weight excluding hydrogens is 200 g/mol. The summed E-state index contributed by atoms with van der Waals surface area (Å²) in [5.74, 6) is 0. The average molecular weight is 209 g/mol. The number of hydrogen-bond donors (Lipinski definition) is 1. The second-order valence-corrected chi connectivity index (χ2v) is 3.15. The fourth-order valence-electron chi connectivity index (χ4n) is 1.25. The first kappa shape index (κ1) is 10.6. The molecule has 0 radical (unpaired) electrons. The average Bonchev–Trinajstić information content (AvgIpc) is 2.15. The minimum absolute atomic E-state index is 0.325. The van der Waals surface area contributed by atoms with E-state index in [0.717, 1.165) is 0 Å². The van der Waals surface area contributed by atoms with Gasteiger partial charge in [0.1, 0.15) is 0 Å². The van der Waals surface area contributed by atoms with Crippen molar-refractivity contribution in [3.8, 4) is 6.07 Å². The maximum Gasteiger partial charge on any atom is 0.252 e. The van der Waals surface area contributed by atoms with E-state index in [4.69, 9.17) is 22.6 Å². The van der Waals surface area contributed by atoms with Crippen molar-refractivity contribution < 1.29 is 4.79 Å². The highest BCUT2D eigenvalue weighted by Crippen LogP contribution is 2.20. The lowest BCUT2D eigenvalue weighted by molar-refractivity contribution is 0.108. The minimum Gasteiger partial charge on any atom is -0.398 e. The molecule has 0 aliphatic carbocycles. The van der Waals surface area contributed by atoms with Gasteiger partial charge in [-0.25, -0.2) is 0 Å². The number of rotatable bonds is 3. The Balaban J connectivity index is 3.10. The van der Waals surface area contributed by atoms with E-state index >= 15 is 0 Å². The van der Waals surface area contributed by atoms with Gasteiger partial charge < -0.3 is 5.73 Å². The van der Waals surface area contributed by atoms with Crippen LogP contribution in [0.25, 0.3) is 0 Å². The summed E-state index contributed by atoms with van der Waals surface area (Å²) in [5, 5.41) is 7.90. The number of nitriles is 1. The van der Waals surface area contributed by atoms with Crippen LogP contribution in [0.2, 0.25) is 0 Å². The van der Waals surface area contributed by atoms with Crippen LogP contribution in [0, 0.1) is 11.3 Å². The van der Waals surface area contributed by atoms with Gasteiger partial charge in [0.05, 0.1) is 6.07 Å². The quantitative estimate of drug-likeness (QED) is 0.611. The summed E-state index contributed by atoms with van der Waals surface area (Å²) in [7, 11) is 0. The number of benzene rings is 1. The number of anilines is 1. The first-order valence-electron chi connectivity index (χ1n) is 4.11. The molecule has 0 bridgehead atoms. The van der Waals surface area contributed by atoms with Crippen molar-refractivity contribution in [2.24, 2.45) is 0 Å². The molecule has 1 aromatic carbocycles. The van der Waals surface area contributed by atoms with Gasteiger partial charge in [-0.05, 0) is 35.7 Å². The molecule has 0 amide bonds. The second kappa shape index (κ2) is 4.64. The van der Waals surface area contributed by atoms with E-state index in [9.17, 15) is 4.79 Å². The third kappa shape index (κ3) is 2.24. The Bertz CT molecular complexity index is 396. The largest absolute Gasteiger partial charge is 0.398 e. The van der Waals surface area contributed by atoms with Gasteiger partial charge >= 0.3 is 0 Å². The van der Waals surface area contributed by atoms with E-state index in [2.05, 4.69) is 0 Å². The number of carbonyl (C=O) groups excluding carboxylic acids is 1. The molecule has 0 aromatic heterocycles. The van der Waals surface area contributed by atoms with Crippen molar-refractivity contribution in [1.29, 1.82) is 5.26 Å². The number of halogens is 1. The third-order valence-electron chi connectivity index (χ3n) is 1.91. The first-order chi connectivity index (χ1) is 6.66. The van der Waals surface area contributed by atoms with Gasteiger partial charge in [0.2, 0.25) is 0 Å². The normalized spacial score (nSPS) is 9.43. The molecule has 0 atom stereocenters. The van der Waals surface area contributed by atoms with Gasteiger partial charge in [0, 0.05) is 17.7 Å². The van der Waals surface area contributed by atoms with E-state index in [-0.39, 0.29) is 0 Å². The number of carbonyl (C=O) groups is 1. The van der Waals surface area contributed by atoms with Crippen LogP contribution >= 0.6 is 11.6 Å². The van der Waals surface area contributed by atoms with Gasteiger partial charge in [-0.3, -0.25) is 4.79 Å². The topological polar surface area (TPSA) is 66.9 Å². The molecule has 14 heavy (non-hydrogen) atoms. The fourth-order valence-corrected chi connectivity index (χ4v) is 1.43. The monoisotopic (exact) mass is 208 g/mol. The zero-order chi connectivity index (χ0) is 10.6. The molecule has 0 spiro atoms. The maximum absolute atomic E-state index is 11.0. The molecule has 0 saturated carbocycles. The van der Waals surface area contributed by atoms with Gasteiger partial charge in [-0.1, -0.05) is 6.07 Å². The first-order valence-corrected chi connectivity index (χ1v) is 4.48. The van der Waals surface area contributed by atoms with Crippen LogP contribution in [-0.2, 0) is 6.42 Å². The van der Waals surface area contributed by atoms with Crippen molar-refractivity contribution in [3.63, 3.8) is 0 Å². The van der Waals surface area contributed by atoms with Gasteiger partial charge in [-0.15, -0.1) is 0 Å². The van der Waals surface area contributed by atoms with Crippen LogP contribution in [-0.4, -0.2) is 5.24 Å². The zero-order valence-corrected chi connectivity index (χ0v) is 8.21. The highest BCUT2D eigenvalue weighted by molar-refractivity contribution is 6.68. The lowest BCUT2D eigenvalue weighted by atomic mass is 10.0. The number of nitrogens with two attached hydrogens (primary N) is 1. The molecule has 0 fully saturated rings. The Morgan fingerprint density at radius 1 is 1.57 bits per heavy atom. The smallest absolute Gasteiger partial charge is 0.252 e. The molecule has 3 nitrogen and oxygen atoms in total. The van der Waals surface area contributed by atoms with Crippen molar-refractivity contribution in [2.45, 2.75) is 12.8 Å². The lowest BCUT2D eigenvalue weighted by Gasteiger charge is -2.06. The maximum atomic E-state index is 11.0. The standard InChI is InChI=1S/C10H9ClN2O/c11-10(14)8-3-1-5-9(13)7(8)4-2-6-12/h1,3,5H,2,4,13H2. The molecule has 72 valence electrons. The Morgan fingerprint density at radius 3 is 2.86 bits per heavy atom. The van der Waals surface area contributed by atoms with E-state index in [1.807, 2.05) is 6.07 Å². The van der Waals surface area contributed by atoms with Gasteiger partial charge in [0.25, 0.3) is 5.24 Å². The third-order valence-corrected chi connectivity index (χ3v) is 2.11. The van der Waals surface area contributed by atoms with Crippen LogP contribution in [0.5, 0.6) is 0 Å². The van der Waals surface area contributed by atoms with Crippen LogP contribution in [0.1, 0.15) is 22.3 Å². The van der Waals surface area contributed by atoms with Gasteiger partial charge in [0.15, 0.2) is 0 Å². The molecule has 0 aliphatic heterocycles. The van der Waals surface area contributed by atoms with E-state index in [0.29, 0.717) is 29.7 Å². The fraction of sp³-hybridized carbons (Fsp3) is 0.200. The molecule has 0 saturated heterocycles. The molecule has 0 aliphatic rings. The Kier molecular flexibility index (Phi) is 3.49. The number of hydrogen-bond acceptors (Lipinski definition) is 3. The Labute approximate surface area is 87.1 Å². The SMILES string of the molecule is N#CCCc1c(N)cccc1C(=O)Cl. The summed E-state index contributed by atoms with van der Waals surface area (Å²) in [5.41, 5.74) is 7.24. The summed E-state index contributed by atoms with van der Waals surface area (Å²) in [4.78, 5) is 11.0. The van der Waals surface area contributed by atoms with E-state index in [1.165, 1.54) is 0 Å². The van der Waals surface area contributed by atoms with E-state index in [1.54, 1.807) is 18.2 Å². The minimum atomic E-state index is -0.537. The highest BCUT2D eigenvalue weighted by atomic mass is 35.5. The highest BCUT2D eigenvalue weighted by Gasteiger charge is 2.10. The Morgan fingerprint density at radius 2 is 2.29 bits per heavy atom. The summed E-state index contributed by atoms with van der Waals surface area (Å²) in [6.07, 6.45) is 0.780. The van der Waals surface area contributed by atoms with E-state index < -0.39 is 5.24 Å². The second-order valence-electron chi connectivity index (χ2n) is 2.81. The molecule has 1 aromatic rings. The summed E-state index contributed by atoms with van der Waals surface area (Å²) in [6, 6.07) is 6.97. The summed E-state index contributed by atoms with van der Waals surface area (Å²) >= 11 is 5.38. The predicted octanol–water partition coefficient (Wildman–Crippen LogP) is 2.10. The Hall–Kier alpha value is -1.53. The van der Waals surface area contributed by atoms with Crippen LogP contribution in [0.4, 0.5) is 5.69 Å². The van der Waals surface area contributed by atoms with Gasteiger partial charge in [-0.2, -0.15) is 5.26 Å². The predicted molar refractivity (Wildman–Crippen MR) is 55.0 cm³/mol. The van der Waals surface area contributed by atoms with Crippen molar-refractivity contribution in [1.82, 2.24) is 0 Å². The number of nitrogen functional groups attached to an aromatic ring is 1. The summed E-state index contributed by atoms with van der Waals surface area (Å²) < 4.78 is 0. The van der Waals surface area contributed by atoms with Crippen LogP contribution < -0.4 is 5.73 Å². The zero-order valence-electron chi connectivity index (χ0n) is 7.46.